The third kappa shape index (κ3) is 2.68. The first-order valence-corrected chi connectivity index (χ1v) is 10.2. The van der Waals surface area contributed by atoms with E-state index in [0.717, 1.165) is 38.5 Å². The van der Waals surface area contributed by atoms with Crippen LogP contribution in [0.2, 0.25) is 0 Å². The molecule has 7 atom stereocenters. The number of hydrogen-bond donors (Lipinski definition) is 0. The Morgan fingerprint density at radius 3 is 2.58 bits per heavy atom. The van der Waals surface area contributed by atoms with Crippen molar-refractivity contribution >= 4 is 17.5 Å². The number of Topliss-reactive ketones (excluding diaryl/α,β-unsaturated/α-hetero) is 1. The van der Waals surface area contributed by atoms with E-state index in [-0.39, 0.29) is 35.1 Å². The molecular formula is C22H30O4. The highest BCUT2D eigenvalue weighted by atomic mass is 16.5. The average molecular weight is 358 g/mol. The van der Waals surface area contributed by atoms with Gasteiger partial charge in [-0.25, -0.2) is 0 Å². The van der Waals surface area contributed by atoms with Gasteiger partial charge in [-0.1, -0.05) is 12.5 Å². The number of fused-ring (bicyclic) bond motifs is 5. The fraction of sp³-hybridized carbons (Fsp3) is 0.773. The van der Waals surface area contributed by atoms with Crippen LogP contribution >= 0.6 is 0 Å². The quantitative estimate of drug-likeness (QED) is 0.703. The van der Waals surface area contributed by atoms with Gasteiger partial charge in [-0.3, -0.25) is 14.4 Å². The maximum Gasteiger partial charge on any atom is 0.302 e. The molecule has 4 aliphatic rings. The number of ether oxygens (including phenoxy) is 1. The highest BCUT2D eigenvalue weighted by molar-refractivity contribution is 5.92. The van der Waals surface area contributed by atoms with Crippen LogP contribution < -0.4 is 0 Å². The maximum absolute atomic E-state index is 12.2. The molecule has 0 amide bonds. The Morgan fingerprint density at radius 1 is 1.12 bits per heavy atom. The predicted molar refractivity (Wildman–Crippen MR) is 97.2 cm³/mol. The minimum absolute atomic E-state index is 0.0964. The highest BCUT2D eigenvalue weighted by Gasteiger charge is 2.58. The molecule has 0 bridgehead atoms. The Labute approximate surface area is 155 Å². The third-order valence-electron chi connectivity index (χ3n) is 8.11. The van der Waals surface area contributed by atoms with Crippen LogP contribution in [0.3, 0.4) is 0 Å². The monoisotopic (exact) mass is 358 g/mol. The number of carbonyl (C=O) groups excluding carboxylic acids is 3. The summed E-state index contributed by atoms with van der Waals surface area (Å²) in [7, 11) is 0. The summed E-state index contributed by atoms with van der Waals surface area (Å²) in [5, 5.41) is 0. The van der Waals surface area contributed by atoms with Gasteiger partial charge in [0.2, 0.25) is 0 Å². The Morgan fingerprint density at radius 2 is 1.88 bits per heavy atom. The molecule has 0 radical (unpaired) electrons. The summed E-state index contributed by atoms with van der Waals surface area (Å²) in [5.74, 6) is 2.24. The van der Waals surface area contributed by atoms with Crippen LogP contribution in [0.25, 0.3) is 0 Å². The van der Waals surface area contributed by atoms with Gasteiger partial charge < -0.3 is 4.74 Å². The molecule has 0 aromatic heterocycles. The van der Waals surface area contributed by atoms with Crippen LogP contribution in [0, 0.1) is 35.0 Å². The number of rotatable bonds is 2. The SMILES string of the molecule is CC(=O)OC1CC(=O)C=C2CC[C@@H]3[C@H](CC[C@]4(C)[C@@H](C(C)=O)CC[C@@H]34)[C@@H]21. The lowest BCUT2D eigenvalue weighted by Gasteiger charge is -2.54. The first-order chi connectivity index (χ1) is 12.3. The van der Waals surface area contributed by atoms with Crippen molar-refractivity contribution in [1.82, 2.24) is 0 Å². The maximum atomic E-state index is 12.2. The van der Waals surface area contributed by atoms with E-state index in [1.807, 2.05) is 6.08 Å². The van der Waals surface area contributed by atoms with E-state index < -0.39 is 0 Å². The van der Waals surface area contributed by atoms with E-state index >= 15 is 0 Å². The molecule has 0 heterocycles. The van der Waals surface area contributed by atoms with Gasteiger partial charge >= 0.3 is 5.97 Å². The van der Waals surface area contributed by atoms with Gasteiger partial charge in [-0.2, -0.15) is 0 Å². The Bertz CT molecular complexity index is 678. The van der Waals surface area contributed by atoms with Crippen molar-refractivity contribution in [2.24, 2.45) is 35.0 Å². The molecule has 0 aliphatic heterocycles. The average Bonchev–Trinajstić information content (AvgIpc) is 2.91. The number of hydrogen-bond acceptors (Lipinski definition) is 4. The molecule has 26 heavy (non-hydrogen) atoms. The van der Waals surface area contributed by atoms with Gasteiger partial charge in [0, 0.05) is 25.2 Å². The van der Waals surface area contributed by atoms with Crippen LogP contribution in [0.1, 0.15) is 65.7 Å². The van der Waals surface area contributed by atoms with Gasteiger partial charge in [0.1, 0.15) is 11.9 Å². The van der Waals surface area contributed by atoms with Crippen molar-refractivity contribution < 1.29 is 19.1 Å². The van der Waals surface area contributed by atoms with Crippen molar-refractivity contribution in [1.29, 1.82) is 0 Å². The molecule has 0 spiro atoms. The molecule has 3 fully saturated rings. The summed E-state index contributed by atoms with van der Waals surface area (Å²) in [5.41, 5.74) is 1.34. The molecule has 4 heteroatoms. The zero-order valence-corrected chi connectivity index (χ0v) is 16.1. The van der Waals surface area contributed by atoms with Crippen LogP contribution in [-0.2, 0) is 19.1 Å². The lowest BCUT2D eigenvalue weighted by molar-refractivity contribution is -0.154. The second kappa shape index (κ2) is 6.31. The van der Waals surface area contributed by atoms with Crippen molar-refractivity contribution in [2.45, 2.75) is 71.8 Å². The van der Waals surface area contributed by atoms with E-state index in [9.17, 15) is 14.4 Å². The number of esters is 1. The summed E-state index contributed by atoms with van der Waals surface area (Å²) in [4.78, 5) is 35.9. The van der Waals surface area contributed by atoms with Crippen LogP contribution in [-0.4, -0.2) is 23.6 Å². The molecule has 0 saturated heterocycles. The molecule has 4 nitrogen and oxygen atoms in total. The van der Waals surface area contributed by atoms with Gasteiger partial charge in [0.05, 0.1) is 0 Å². The first-order valence-electron chi connectivity index (χ1n) is 10.2. The number of ketones is 2. The van der Waals surface area contributed by atoms with Gasteiger partial charge in [0.25, 0.3) is 0 Å². The van der Waals surface area contributed by atoms with Gasteiger partial charge in [-0.05, 0) is 74.7 Å². The van der Waals surface area contributed by atoms with E-state index in [1.54, 1.807) is 6.92 Å². The standard InChI is InChI=1S/C22H30O4/c1-12(23)18-6-7-19-16-5-4-14-10-15(25)11-20(26-13(2)24)21(14)17(16)8-9-22(18,19)3/h10,16-21H,4-9,11H2,1-3H3/t16-,17+,18-,19+,20?,21-,22-/m1/s1. The van der Waals surface area contributed by atoms with Gasteiger partial charge in [-0.15, -0.1) is 0 Å². The fourth-order valence-corrected chi connectivity index (χ4v) is 7.22. The molecule has 3 saturated carbocycles. The van der Waals surface area contributed by atoms with E-state index in [0.29, 0.717) is 30.0 Å². The van der Waals surface area contributed by atoms with E-state index in [1.165, 1.54) is 12.5 Å². The topological polar surface area (TPSA) is 60.4 Å². The first kappa shape index (κ1) is 17.9. The molecular weight excluding hydrogens is 328 g/mol. The zero-order chi connectivity index (χ0) is 18.6. The summed E-state index contributed by atoms with van der Waals surface area (Å²) in [6.45, 7) is 5.54. The van der Waals surface area contributed by atoms with Crippen LogP contribution in [0.4, 0.5) is 0 Å². The molecule has 0 N–H and O–H groups in total. The van der Waals surface area contributed by atoms with E-state index in [4.69, 9.17) is 4.74 Å². The number of carbonyl (C=O) groups is 3. The molecule has 1 unspecified atom stereocenters. The largest absolute Gasteiger partial charge is 0.461 e. The molecule has 4 aliphatic carbocycles. The van der Waals surface area contributed by atoms with Crippen molar-refractivity contribution in [3.05, 3.63) is 11.6 Å². The molecule has 142 valence electrons. The minimum Gasteiger partial charge on any atom is -0.461 e. The lowest BCUT2D eigenvalue weighted by Crippen LogP contribution is -2.50. The van der Waals surface area contributed by atoms with Crippen molar-refractivity contribution in [3.63, 3.8) is 0 Å². The van der Waals surface area contributed by atoms with Crippen molar-refractivity contribution in [3.8, 4) is 0 Å². The Hall–Kier alpha value is -1.45. The molecule has 0 aromatic rings. The smallest absolute Gasteiger partial charge is 0.302 e. The third-order valence-corrected chi connectivity index (χ3v) is 8.11. The molecule has 0 aromatic carbocycles. The lowest BCUT2D eigenvalue weighted by atomic mass is 9.50. The Balaban J connectivity index is 1.64. The van der Waals surface area contributed by atoms with Gasteiger partial charge in [0.15, 0.2) is 5.78 Å². The summed E-state index contributed by atoms with van der Waals surface area (Å²) >= 11 is 0. The summed E-state index contributed by atoms with van der Waals surface area (Å²) < 4.78 is 5.62. The second-order valence-corrected chi connectivity index (χ2v) is 9.32. The van der Waals surface area contributed by atoms with Crippen LogP contribution in [0.15, 0.2) is 11.6 Å². The summed E-state index contributed by atoms with van der Waals surface area (Å²) in [6.07, 6.45) is 8.25. The van der Waals surface area contributed by atoms with Crippen molar-refractivity contribution in [2.75, 3.05) is 0 Å². The minimum atomic E-state index is -0.290. The Kier molecular flexibility index (Phi) is 4.36. The zero-order valence-electron chi connectivity index (χ0n) is 16.1. The highest BCUT2D eigenvalue weighted by Crippen LogP contribution is 2.63. The molecule has 4 rings (SSSR count). The normalized spacial score (nSPS) is 44.4. The van der Waals surface area contributed by atoms with Crippen LogP contribution in [0.5, 0.6) is 0 Å². The second-order valence-electron chi connectivity index (χ2n) is 9.32. The summed E-state index contributed by atoms with van der Waals surface area (Å²) in [6, 6.07) is 0. The fourth-order valence-electron chi connectivity index (χ4n) is 7.22. The van der Waals surface area contributed by atoms with E-state index in [2.05, 4.69) is 6.92 Å². The predicted octanol–water partition coefficient (Wildman–Crippen LogP) is 3.88.